The third-order valence-electron chi connectivity index (χ3n) is 13.2. The van der Waals surface area contributed by atoms with Gasteiger partial charge in [-0.25, -0.2) is 4.79 Å². The number of hydrogen-bond acceptors (Lipinski definition) is 4. The molecule has 1 unspecified atom stereocenters. The average Bonchev–Trinajstić information content (AvgIpc) is 3.65. The summed E-state index contributed by atoms with van der Waals surface area (Å²) in [5.74, 6) is 4.84. The van der Waals surface area contributed by atoms with Gasteiger partial charge in [0.1, 0.15) is 6.10 Å². The highest BCUT2D eigenvalue weighted by Crippen LogP contribution is 2.68. The molecule has 0 aromatic rings. The number of carbonyl (C=O) groups excluding carboxylic acids is 2. The van der Waals surface area contributed by atoms with Crippen LogP contribution in [0.5, 0.6) is 0 Å². The van der Waals surface area contributed by atoms with Crippen molar-refractivity contribution in [3.05, 3.63) is 0 Å². The molecule has 0 radical (unpaired) electrons. The number of rotatable bonds is 5. The molecule has 10 atom stereocenters. The van der Waals surface area contributed by atoms with E-state index in [-0.39, 0.29) is 30.3 Å². The van der Waals surface area contributed by atoms with E-state index in [1.165, 1.54) is 44.9 Å². The minimum atomic E-state index is -0.201. The van der Waals surface area contributed by atoms with E-state index in [4.69, 9.17) is 4.74 Å². The van der Waals surface area contributed by atoms with Gasteiger partial charge in [0.2, 0.25) is 5.91 Å². The first-order valence-corrected chi connectivity index (χ1v) is 16.5. The van der Waals surface area contributed by atoms with E-state index in [0.717, 1.165) is 61.7 Å². The van der Waals surface area contributed by atoms with Gasteiger partial charge < -0.3 is 19.6 Å². The molecule has 39 heavy (non-hydrogen) atoms. The summed E-state index contributed by atoms with van der Waals surface area (Å²) in [6, 6.07) is 0.0143. The Morgan fingerprint density at radius 3 is 2.44 bits per heavy atom. The molecule has 6 nitrogen and oxygen atoms in total. The summed E-state index contributed by atoms with van der Waals surface area (Å²) in [5, 5.41) is 10.3. The number of aliphatic hydroxyl groups excluding tert-OH is 1. The third-order valence-corrected chi connectivity index (χ3v) is 13.2. The topological polar surface area (TPSA) is 70.1 Å². The van der Waals surface area contributed by atoms with Crippen LogP contribution in [0.25, 0.3) is 0 Å². The van der Waals surface area contributed by atoms with Crippen molar-refractivity contribution < 1.29 is 19.4 Å². The largest absolute Gasteiger partial charge is 0.446 e. The first-order valence-electron chi connectivity index (χ1n) is 16.5. The zero-order chi connectivity index (χ0) is 27.5. The number of fused-ring (bicyclic) bond motifs is 5. The second-order valence-corrected chi connectivity index (χ2v) is 15.3. The Hall–Kier alpha value is -1.30. The molecule has 0 aromatic heterocycles. The van der Waals surface area contributed by atoms with Crippen LogP contribution >= 0.6 is 0 Å². The number of amides is 2. The van der Waals surface area contributed by atoms with Gasteiger partial charge in [0.05, 0.1) is 6.10 Å². The predicted molar refractivity (Wildman–Crippen MR) is 152 cm³/mol. The maximum Gasteiger partial charge on any atom is 0.410 e. The van der Waals surface area contributed by atoms with Crippen molar-refractivity contribution in [2.75, 3.05) is 19.6 Å². The van der Waals surface area contributed by atoms with Gasteiger partial charge in [-0.05, 0) is 130 Å². The molecule has 1 saturated heterocycles. The van der Waals surface area contributed by atoms with E-state index in [0.29, 0.717) is 42.8 Å². The van der Waals surface area contributed by atoms with Crippen molar-refractivity contribution in [1.82, 2.24) is 9.80 Å². The number of carbonyl (C=O) groups is 2. The van der Waals surface area contributed by atoms with Crippen LogP contribution in [0, 0.1) is 46.3 Å². The van der Waals surface area contributed by atoms with E-state index in [1.54, 1.807) is 0 Å². The summed E-state index contributed by atoms with van der Waals surface area (Å²) >= 11 is 0. The fourth-order valence-corrected chi connectivity index (χ4v) is 10.8. The molecule has 6 fully saturated rings. The summed E-state index contributed by atoms with van der Waals surface area (Å²) < 4.78 is 5.50. The molecule has 0 spiro atoms. The lowest BCUT2D eigenvalue weighted by molar-refractivity contribution is -0.135. The Labute approximate surface area is 236 Å². The Kier molecular flexibility index (Phi) is 7.51. The number of aliphatic hydroxyl groups is 1. The first kappa shape index (κ1) is 27.8. The molecule has 1 N–H and O–H groups in total. The number of piperazine rings is 1. The first-order chi connectivity index (χ1) is 18.6. The minimum absolute atomic E-state index is 0.0143. The van der Waals surface area contributed by atoms with Gasteiger partial charge in [0.25, 0.3) is 0 Å². The van der Waals surface area contributed by atoms with E-state index < -0.39 is 0 Å². The van der Waals surface area contributed by atoms with Crippen LogP contribution in [-0.4, -0.2) is 64.8 Å². The highest BCUT2D eigenvalue weighted by atomic mass is 16.6. The molecule has 1 heterocycles. The summed E-state index contributed by atoms with van der Waals surface area (Å²) in [4.78, 5) is 29.5. The normalized spacial score (nSPS) is 44.7. The number of hydrogen-bond donors (Lipinski definition) is 1. The van der Waals surface area contributed by atoms with Crippen LogP contribution in [0.1, 0.15) is 111 Å². The number of nitrogens with zero attached hydrogens (tertiary/aromatic N) is 2. The molecule has 6 heteroatoms. The van der Waals surface area contributed by atoms with Crippen molar-refractivity contribution >= 4 is 12.0 Å². The summed E-state index contributed by atoms with van der Waals surface area (Å²) in [6.07, 6.45) is 14.8. The van der Waals surface area contributed by atoms with Gasteiger partial charge in [-0.3, -0.25) is 4.79 Å². The molecule has 6 aliphatic rings. The van der Waals surface area contributed by atoms with Crippen molar-refractivity contribution in [2.45, 2.75) is 129 Å². The highest BCUT2D eigenvalue weighted by molar-refractivity contribution is 5.77. The smallest absolute Gasteiger partial charge is 0.410 e. The lowest BCUT2D eigenvalue weighted by atomic mass is 9.44. The maximum atomic E-state index is 13.2. The van der Waals surface area contributed by atoms with E-state index in [9.17, 15) is 14.7 Å². The van der Waals surface area contributed by atoms with E-state index in [2.05, 4.69) is 20.8 Å². The van der Waals surface area contributed by atoms with Gasteiger partial charge in [0.15, 0.2) is 0 Å². The van der Waals surface area contributed by atoms with Gasteiger partial charge in [-0.15, -0.1) is 0 Å². The van der Waals surface area contributed by atoms with Crippen LogP contribution < -0.4 is 0 Å². The maximum absolute atomic E-state index is 13.2. The molecule has 0 bridgehead atoms. The standard InChI is InChI=1S/C33H54N2O4/c1-21(5-12-30(37)34-17-18-35(22(2)20-34)31(38)39-25-7-8-25)27-10-11-28-26-9-6-23-19-24(36)13-15-32(23,3)29(26)14-16-33(27,28)4/h21-29,36H,5-20H2,1-4H3/t21?,22-,23-,24-,26-,27+,28-,29-,32-,33+/m0/s1. The molecule has 2 amide bonds. The van der Waals surface area contributed by atoms with Crippen LogP contribution in [0.2, 0.25) is 0 Å². The molecule has 6 rings (SSSR count). The van der Waals surface area contributed by atoms with Crippen LogP contribution in [0.15, 0.2) is 0 Å². The second-order valence-electron chi connectivity index (χ2n) is 15.3. The van der Waals surface area contributed by atoms with Crippen LogP contribution in [0.3, 0.4) is 0 Å². The Balaban J connectivity index is 1.02. The van der Waals surface area contributed by atoms with E-state index >= 15 is 0 Å². The Morgan fingerprint density at radius 1 is 0.949 bits per heavy atom. The average molecular weight is 543 g/mol. The van der Waals surface area contributed by atoms with Gasteiger partial charge in [-0.2, -0.15) is 0 Å². The lowest BCUT2D eigenvalue weighted by Crippen LogP contribution is -2.55. The van der Waals surface area contributed by atoms with Gasteiger partial charge in [0, 0.05) is 32.1 Å². The fraction of sp³-hybridized carbons (Fsp3) is 0.939. The fourth-order valence-electron chi connectivity index (χ4n) is 10.8. The summed E-state index contributed by atoms with van der Waals surface area (Å²) in [5.41, 5.74) is 0.860. The van der Waals surface area contributed by atoms with Crippen molar-refractivity contribution in [3.63, 3.8) is 0 Å². The third kappa shape index (κ3) is 5.03. The minimum Gasteiger partial charge on any atom is -0.446 e. The highest BCUT2D eigenvalue weighted by Gasteiger charge is 2.60. The Bertz CT molecular complexity index is 937. The van der Waals surface area contributed by atoms with Gasteiger partial charge in [-0.1, -0.05) is 20.8 Å². The molecular weight excluding hydrogens is 488 g/mol. The lowest BCUT2D eigenvalue weighted by Gasteiger charge is -2.61. The second kappa shape index (κ2) is 10.5. The molecule has 5 saturated carbocycles. The molecule has 220 valence electrons. The predicted octanol–water partition coefficient (Wildman–Crippen LogP) is 6.25. The zero-order valence-corrected chi connectivity index (χ0v) is 25.1. The summed E-state index contributed by atoms with van der Waals surface area (Å²) in [7, 11) is 0. The van der Waals surface area contributed by atoms with Crippen molar-refractivity contribution in [2.24, 2.45) is 46.3 Å². The van der Waals surface area contributed by atoms with Gasteiger partial charge >= 0.3 is 6.09 Å². The zero-order valence-electron chi connectivity index (χ0n) is 25.1. The quantitative estimate of drug-likeness (QED) is 0.446. The monoisotopic (exact) mass is 542 g/mol. The number of ether oxygens (including phenoxy) is 1. The van der Waals surface area contributed by atoms with Crippen molar-refractivity contribution in [1.29, 1.82) is 0 Å². The van der Waals surface area contributed by atoms with Crippen molar-refractivity contribution in [3.8, 4) is 0 Å². The molecule has 1 aliphatic heterocycles. The van der Waals surface area contributed by atoms with Crippen LogP contribution in [0.4, 0.5) is 4.79 Å². The molecule has 5 aliphatic carbocycles. The summed E-state index contributed by atoms with van der Waals surface area (Å²) in [6.45, 7) is 11.5. The molecular formula is C33H54N2O4. The molecule has 0 aromatic carbocycles. The van der Waals surface area contributed by atoms with Crippen LogP contribution in [-0.2, 0) is 9.53 Å². The SMILES string of the molecule is CC(CCC(=O)N1CCN(C(=O)OC2CC2)[C@@H](C)C1)[C@H]1CC[C@H]2[C@@H]3CC[C@H]4C[C@@H](O)CC[C@]4(C)[C@H]3CC[C@]12C. The Morgan fingerprint density at radius 2 is 1.69 bits per heavy atom. The van der Waals surface area contributed by atoms with E-state index in [1.807, 2.05) is 16.7 Å².